The molecule has 0 aliphatic carbocycles. The molecule has 1 aromatic rings. The lowest BCUT2D eigenvalue weighted by molar-refractivity contribution is -0.145. The molecule has 0 radical (unpaired) electrons. The lowest BCUT2D eigenvalue weighted by Gasteiger charge is -2.32. The van der Waals surface area contributed by atoms with E-state index in [1.54, 1.807) is 52.8 Å². The first kappa shape index (κ1) is 36.6. The molecule has 0 unspecified atom stereocenters. The molecule has 0 aromatic heterocycles. The number of alkyl carbamates (subject to hydrolysis) is 1. The van der Waals surface area contributed by atoms with E-state index >= 15 is 0 Å². The van der Waals surface area contributed by atoms with Gasteiger partial charge in [0.25, 0.3) is 11.8 Å². The maximum Gasteiger partial charge on any atom is 0.408 e. The zero-order valence-corrected chi connectivity index (χ0v) is 26.9. The molecule has 5 amide bonds. The Morgan fingerprint density at radius 1 is 1.18 bits per heavy atom. The predicted octanol–water partition coefficient (Wildman–Crippen LogP) is 1.68. The Morgan fingerprint density at radius 3 is 2.44 bits per heavy atom. The van der Waals surface area contributed by atoms with Crippen LogP contribution in [0.15, 0.2) is 30.3 Å². The first-order valence-electron chi connectivity index (χ1n) is 15.0. The van der Waals surface area contributed by atoms with Crippen molar-refractivity contribution in [2.75, 3.05) is 20.1 Å². The van der Waals surface area contributed by atoms with E-state index in [4.69, 9.17) is 15.9 Å². The molecule has 248 valence electrons. The lowest BCUT2D eigenvalue weighted by Crippen LogP contribution is -2.57. The van der Waals surface area contributed by atoms with Gasteiger partial charge in [0.2, 0.25) is 11.8 Å². The summed E-state index contributed by atoms with van der Waals surface area (Å²) in [5.74, 6) is -2.94. The second kappa shape index (κ2) is 16.5. The van der Waals surface area contributed by atoms with Crippen molar-refractivity contribution in [3.63, 3.8) is 0 Å². The summed E-state index contributed by atoms with van der Waals surface area (Å²) in [5, 5.41) is 25.3. The van der Waals surface area contributed by atoms with E-state index in [1.807, 2.05) is 0 Å². The number of nitrogens with zero attached hydrogens (tertiary/aromatic N) is 2. The summed E-state index contributed by atoms with van der Waals surface area (Å²) < 4.78 is 5.32. The van der Waals surface area contributed by atoms with Crippen LogP contribution in [0.5, 0.6) is 5.75 Å². The van der Waals surface area contributed by atoms with E-state index in [9.17, 15) is 29.1 Å². The molecule has 14 heteroatoms. The van der Waals surface area contributed by atoms with Crippen LogP contribution in [0.1, 0.15) is 65.9 Å². The molecule has 1 fully saturated rings. The average Bonchev–Trinajstić information content (AvgIpc) is 3.45. The number of para-hydroxylation sites is 1. The Labute approximate surface area is 264 Å². The van der Waals surface area contributed by atoms with E-state index in [0.29, 0.717) is 24.8 Å². The normalized spacial score (nSPS) is 16.2. The van der Waals surface area contributed by atoms with Crippen LogP contribution in [0.3, 0.4) is 0 Å². The molecule has 1 heterocycles. The summed E-state index contributed by atoms with van der Waals surface area (Å²) in [7, 11) is 1.29. The number of imide groups is 1. The molecule has 3 atom stereocenters. The van der Waals surface area contributed by atoms with Crippen molar-refractivity contribution in [2.24, 2.45) is 11.7 Å². The number of nitrogens with one attached hydrogen (secondary N) is 4. The molecule has 0 saturated carbocycles. The average molecular weight is 630 g/mol. The van der Waals surface area contributed by atoms with Gasteiger partial charge in [-0.3, -0.25) is 29.5 Å². The van der Waals surface area contributed by atoms with Gasteiger partial charge in [0.1, 0.15) is 29.5 Å². The van der Waals surface area contributed by atoms with Crippen molar-refractivity contribution >= 4 is 41.8 Å². The van der Waals surface area contributed by atoms with Crippen molar-refractivity contribution in [3.05, 3.63) is 35.9 Å². The smallest absolute Gasteiger partial charge is 0.408 e. The number of phenolic OH excluding ortho intramolecular Hbond substituents is 1. The van der Waals surface area contributed by atoms with Crippen LogP contribution < -0.4 is 21.7 Å². The number of amides is 5. The van der Waals surface area contributed by atoms with E-state index in [0.717, 1.165) is 11.0 Å². The minimum atomic E-state index is -1.13. The van der Waals surface area contributed by atoms with Gasteiger partial charge in [-0.2, -0.15) is 0 Å². The van der Waals surface area contributed by atoms with Crippen LogP contribution in [0, 0.1) is 11.3 Å². The maximum absolute atomic E-state index is 13.6. The fourth-order valence-electron chi connectivity index (χ4n) is 4.73. The van der Waals surface area contributed by atoms with E-state index in [-0.39, 0.29) is 37.1 Å². The minimum absolute atomic E-state index is 0.0321. The summed E-state index contributed by atoms with van der Waals surface area (Å²) in [4.78, 5) is 68.2. The second-order valence-electron chi connectivity index (χ2n) is 12.2. The first-order chi connectivity index (χ1) is 21.0. The number of hydrogen-bond donors (Lipinski definition) is 6. The van der Waals surface area contributed by atoms with Crippen LogP contribution in [0.2, 0.25) is 0 Å². The molecule has 0 spiro atoms. The molecule has 0 bridgehead atoms. The van der Waals surface area contributed by atoms with Crippen molar-refractivity contribution in [3.8, 4) is 5.75 Å². The van der Waals surface area contributed by atoms with Crippen molar-refractivity contribution in [1.29, 1.82) is 5.41 Å². The number of benzene rings is 1. The summed E-state index contributed by atoms with van der Waals surface area (Å²) in [6.45, 7) is 9.21. The highest BCUT2D eigenvalue weighted by molar-refractivity contribution is 6.05. The highest BCUT2D eigenvalue weighted by Crippen LogP contribution is 2.22. The third-order valence-electron chi connectivity index (χ3n) is 7.05. The van der Waals surface area contributed by atoms with Crippen LogP contribution in [0.4, 0.5) is 4.79 Å². The number of phenols is 1. The number of ether oxygens (including phenoxy) is 1. The van der Waals surface area contributed by atoms with Crippen LogP contribution in [0.25, 0.3) is 6.08 Å². The fraction of sp³-hybridized carbons (Fsp3) is 0.548. The van der Waals surface area contributed by atoms with Crippen molar-refractivity contribution in [2.45, 2.75) is 84.0 Å². The van der Waals surface area contributed by atoms with Crippen LogP contribution >= 0.6 is 0 Å². The van der Waals surface area contributed by atoms with Crippen molar-refractivity contribution in [1.82, 2.24) is 25.8 Å². The predicted molar refractivity (Wildman–Crippen MR) is 169 cm³/mol. The topological polar surface area (TPSA) is 207 Å². The minimum Gasteiger partial charge on any atom is -0.507 e. The molecule has 1 aliphatic heterocycles. The number of guanidine groups is 1. The first-order valence-corrected chi connectivity index (χ1v) is 15.0. The highest BCUT2D eigenvalue weighted by Gasteiger charge is 2.40. The van der Waals surface area contributed by atoms with Gasteiger partial charge in [0.15, 0.2) is 5.96 Å². The Balaban J connectivity index is 2.20. The number of likely N-dealkylation sites (N-methyl/N-ethyl adjacent to an activating group) is 1. The van der Waals surface area contributed by atoms with Crippen molar-refractivity contribution < 1.29 is 33.8 Å². The molecule has 45 heavy (non-hydrogen) atoms. The monoisotopic (exact) mass is 629 g/mol. The van der Waals surface area contributed by atoms with Gasteiger partial charge < -0.3 is 36.4 Å². The van der Waals surface area contributed by atoms with Gasteiger partial charge in [0.05, 0.1) is 0 Å². The molecule has 1 aromatic carbocycles. The standard InChI is InChI=1S/C31H47N7O7/c1-19(2)25(36-30(44)45-31(3,4)5)28(43)38-18-10-13-22(38)26(41)35-21(12-9-17-34-29(32)33)27(42)37(6)24(40)16-15-20-11-7-8-14-23(20)39/h7-8,11,14-16,19,21-22,25,39H,9-10,12-13,17-18H2,1-6H3,(H,35,41)(H,36,44)(H4,32,33,34)/b16-15-/t21-,22-,25-/m0/s1. The molecule has 1 saturated heterocycles. The van der Waals surface area contributed by atoms with Gasteiger partial charge in [0, 0.05) is 31.8 Å². The fourth-order valence-corrected chi connectivity index (χ4v) is 4.73. The number of rotatable bonds is 12. The Bertz CT molecular complexity index is 1270. The zero-order chi connectivity index (χ0) is 33.9. The zero-order valence-electron chi connectivity index (χ0n) is 26.9. The third-order valence-corrected chi connectivity index (χ3v) is 7.05. The molecular weight excluding hydrogens is 582 g/mol. The van der Waals surface area contributed by atoms with Gasteiger partial charge in [-0.1, -0.05) is 32.0 Å². The molecule has 1 aliphatic rings. The third kappa shape index (κ3) is 11.4. The number of nitrogens with two attached hydrogens (primary N) is 1. The molecule has 7 N–H and O–H groups in total. The summed E-state index contributed by atoms with van der Waals surface area (Å²) in [6.07, 6.45) is 3.10. The second-order valence-corrected chi connectivity index (χ2v) is 12.2. The van der Waals surface area contributed by atoms with Crippen LogP contribution in [-0.2, 0) is 23.9 Å². The lowest BCUT2D eigenvalue weighted by atomic mass is 10.0. The number of hydrogen-bond acceptors (Lipinski definition) is 8. The number of likely N-dealkylation sites (tertiary alicyclic amines) is 1. The highest BCUT2D eigenvalue weighted by atomic mass is 16.6. The SMILES string of the molecule is CC(C)[C@H](NC(=O)OC(C)(C)C)C(=O)N1CCC[C@H]1C(=O)N[C@@H](CCCNC(=N)N)C(=O)N(C)C(=O)/C=C\c1ccccc1O. The molecule has 14 nitrogen and oxygen atoms in total. The summed E-state index contributed by atoms with van der Waals surface area (Å²) >= 11 is 0. The largest absolute Gasteiger partial charge is 0.507 e. The number of aromatic hydroxyl groups is 1. The maximum atomic E-state index is 13.6. The molecule has 2 rings (SSSR count). The van der Waals surface area contributed by atoms with Gasteiger partial charge in [-0.05, 0) is 64.5 Å². The summed E-state index contributed by atoms with van der Waals surface area (Å²) in [5.41, 5.74) is 4.97. The number of carbonyl (C=O) groups excluding carboxylic acids is 5. The van der Waals surface area contributed by atoms with E-state index in [1.165, 1.54) is 24.1 Å². The number of carbonyl (C=O) groups is 5. The van der Waals surface area contributed by atoms with E-state index < -0.39 is 53.4 Å². The van der Waals surface area contributed by atoms with Crippen LogP contribution in [-0.4, -0.2) is 94.5 Å². The Morgan fingerprint density at radius 2 is 1.84 bits per heavy atom. The Kier molecular flexibility index (Phi) is 13.4. The van der Waals surface area contributed by atoms with E-state index in [2.05, 4.69) is 16.0 Å². The van der Waals surface area contributed by atoms with Gasteiger partial charge >= 0.3 is 6.09 Å². The Hall–Kier alpha value is -4.62. The van der Waals surface area contributed by atoms with Gasteiger partial charge in [-0.15, -0.1) is 0 Å². The quantitative estimate of drug-likeness (QED) is 0.0859. The summed E-state index contributed by atoms with van der Waals surface area (Å²) in [6, 6.07) is 3.43. The molecular formula is C31H47N7O7. The van der Waals surface area contributed by atoms with Gasteiger partial charge in [-0.25, -0.2) is 4.79 Å².